The topological polar surface area (TPSA) is 55.1 Å². The maximum atomic E-state index is 13.6. The van der Waals surface area contributed by atoms with E-state index in [0.29, 0.717) is 6.07 Å². The smallest absolute Gasteiger partial charge is 0.251 e. The standard InChI is InChI=1S/C12H14F2N2OS/c13-9-6-10(14)11(5-8(9)12(15)17)16-7-1-3-18-4-2-7/h5-7,16H,1-4H2,(H2,15,17). The maximum Gasteiger partial charge on any atom is 0.251 e. The molecule has 2 rings (SSSR count). The average Bonchev–Trinajstić information content (AvgIpc) is 2.33. The molecule has 0 radical (unpaired) electrons. The zero-order valence-electron chi connectivity index (χ0n) is 9.71. The Morgan fingerprint density at radius 2 is 1.94 bits per heavy atom. The van der Waals surface area contributed by atoms with E-state index in [2.05, 4.69) is 5.32 Å². The Balaban J connectivity index is 2.21. The van der Waals surface area contributed by atoms with Gasteiger partial charge in [-0.25, -0.2) is 8.78 Å². The van der Waals surface area contributed by atoms with Crippen LogP contribution in [0.4, 0.5) is 14.5 Å². The van der Waals surface area contributed by atoms with Gasteiger partial charge in [0.2, 0.25) is 0 Å². The molecule has 1 fully saturated rings. The summed E-state index contributed by atoms with van der Waals surface area (Å²) in [4.78, 5) is 11.0. The molecule has 98 valence electrons. The molecule has 0 aromatic heterocycles. The minimum absolute atomic E-state index is 0.141. The molecule has 1 aliphatic rings. The molecule has 1 aromatic rings. The van der Waals surface area contributed by atoms with Crippen molar-refractivity contribution >= 4 is 23.4 Å². The van der Waals surface area contributed by atoms with Crippen molar-refractivity contribution in [2.24, 2.45) is 5.73 Å². The second kappa shape index (κ2) is 5.56. The number of nitrogens with two attached hydrogens (primary N) is 1. The number of benzene rings is 1. The Morgan fingerprint density at radius 1 is 1.28 bits per heavy atom. The van der Waals surface area contributed by atoms with Crippen molar-refractivity contribution < 1.29 is 13.6 Å². The van der Waals surface area contributed by atoms with Crippen LogP contribution < -0.4 is 11.1 Å². The van der Waals surface area contributed by atoms with Gasteiger partial charge in [-0.15, -0.1) is 0 Å². The monoisotopic (exact) mass is 272 g/mol. The molecular formula is C12H14F2N2OS. The number of thioether (sulfide) groups is 1. The van der Waals surface area contributed by atoms with Crippen molar-refractivity contribution in [2.75, 3.05) is 16.8 Å². The van der Waals surface area contributed by atoms with E-state index in [1.807, 2.05) is 11.8 Å². The largest absolute Gasteiger partial charge is 0.380 e. The highest BCUT2D eigenvalue weighted by molar-refractivity contribution is 7.99. The summed E-state index contributed by atoms with van der Waals surface area (Å²) in [7, 11) is 0. The lowest BCUT2D eigenvalue weighted by molar-refractivity contribution is 0.0996. The van der Waals surface area contributed by atoms with Crippen molar-refractivity contribution in [3.63, 3.8) is 0 Å². The number of amides is 1. The van der Waals surface area contributed by atoms with Gasteiger partial charge in [0.1, 0.15) is 11.6 Å². The fourth-order valence-electron chi connectivity index (χ4n) is 1.91. The van der Waals surface area contributed by atoms with Crippen LogP contribution in [0.5, 0.6) is 0 Å². The Kier molecular flexibility index (Phi) is 4.06. The summed E-state index contributed by atoms with van der Waals surface area (Å²) in [6.45, 7) is 0. The Hall–Kier alpha value is -1.30. The van der Waals surface area contributed by atoms with E-state index in [1.54, 1.807) is 0 Å². The minimum atomic E-state index is -0.926. The third-order valence-corrected chi connectivity index (χ3v) is 3.95. The highest BCUT2D eigenvalue weighted by Gasteiger charge is 2.18. The molecule has 1 aliphatic heterocycles. The third-order valence-electron chi connectivity index (χ3n) is 2.90. The van der Waals surface area contributed by atoms with E-state index in [1.165, 1.54) is 0 Å². The number of primary amides is 1. The van der Waals surface area contributed by atoms with Gasteiger partial charge in [-0.05, 0) is 30.4 Å². The second-order valence-electron chi connectivity index (χ2n) is 4.21. The summed E-state index contributed by atoms with van der Waals surface area (Å²) in [5.41, 5.74) is 4.89. The number of rotatable bonds is 3. The lowest BCUT2D eigenvalue weighted by atomic mass is 10.1. The van der Waals surface area contributed by atoms with Gasteiger partial charge in [-0.2, -0.15) is 11.8 Å². The van der Waals surface area contributed by atoms with Gasteiger partial charge < -0.3 is 11.1 Å². The lowest BCUT2D eigenvalue weighted by Gasteiger charge is -2.24. The lowest BCUT2D eigenvalue weighted by Crippen LogP contribution is -2.25. The number of hydrogen-bond acceptors (Lipinski definition) is 3. The summed E-state index contributed by atoms with van der Waals surface area (Å²) in [6, 6.07) is 2.00. The highest BCUT2D eigenvalue weighted by Crippen LogP contribution is 2.24. The van der Waals surface area contributed by atoms with E-state index in [0.717, 1.165) is 30.4 Å². The van der Waals surface area contributed by atoms with Crippen LogP contribution in [0.25, 0.3) is 0 Å². The van der Waals surface area contributed by atoms with Gasteiger partial charge >= 0.3 is 0 Å². The predicted molar refractivity (Wildman–Crippen MR) is 68.8 cm³/mol. The molecule has 0 unspecified atom stereocenters. The summed E-state index contributed by atoms with van der Waals surface area (Å²) in [5, 5.41) is 3.01. The quantitative estimate of drug-likeness (QED) is 0.888. The molecule has 1 aromatic carbocycles. The van der Waals surface area contributed by atoms with Crippen LogP contribution in [0.3, 0.4) is 0 Å². The molecule has 18 heavy (non-hydrogen) atoms. The number of carbonyl (C=O) groups excluding carboxylic acids is 1. The highest BCUT2D eigenvalue weighted by atomic mass is 32.2. The summed E-state index contributed by atoms with van der Waals surface area (Å²) >= 11 is 1.86. The summed E-state index contributed by atoms with van der Waals surface area (Å²) in [6.07, 6.45) is 1.85. The first-order valence-electron chi connectivity index (χ1n) is 5.71. The number of nitrogens with one attached hydrogen (secondary N) is 1. The van der Waals surface area contributed by atoms with Crippen LogP contribution in [0.2, 0.25) is 0 Å². The number of anilines is 1. The second-order valence-corrected chi connectivity index (χ2v) is 5.43. The first-order chi connectivity index (χ1) is 8.58. The molecule has 1 heterocycles. The fourth-order valence-corrected chi connectivity index (χ4v) is 3.02. The van der Waals surface area contributed by atoms with Crippen molar-refractivity contribution in [3.05, 3.63) is 29.3 Å². The van der Waals surface area contributed by atoms with E-state index < -0.39 is 17.5 Å². The number of hydrogen-bond donors (Lipinski definition) is 2. The molecule has 0 spiro atoms. The van der Waals surface area contributed by atoms with Crippen molar-refractivity contribution in [1.82, 2.24) is 0 Å². The van der Waals surface area contributed by atoms with Gasteiger partial charge in [0.05, 0.1) is 11.3 Å². The van der Waals surface area contributed by atoms with Crippen molar-refractivity contribution in [1.29, 1.82) is 0 Å². The third kappa shape index (κ3) is 2.93. The predicted octanol–water partition coefficient (Wildman–Crippen LogP) is 2.37. The Bertz CT molecular complexity index is 462. The number of carbonyl (C=O) groups is 1. The Labute approximate surface area is 108 Å². The molecular weight excluding hydrogens is 258 g/mol. The van der Waals surface area contributed by atoms with E-state index in [-0.39, 0.29) is 17.3 Å². The van der Waals surface area contributed by atoms with Gasteiger partial charge in [0.25, 0.3) is 5.91 Å². The van der Waals surface area contributed by atoms with Crippen molar-refractivity contribution in [2.45, 2.75) is 18.9 Å². The van der Waals surface area contributed by atoms with Crippen LogP contribution in [0.1, 0.15) is 23.2 Å². The van der Waals surface area contributed by atoms with E-state index in [9.17, 15) is 13.6 Å². The molecule has 6 heteroatoms. The van der Waals surface area contributed by atoms with Gasteiger partial charge in [0, 0.05) is 12.1 Å². The molecule has 3 N–H and O–H groups in total. The van der Waals surface area contributed by atoms with Gasteiger partial charge in [-0.1, -0.05) is 0 Å². The van der Waals surface area contributed by atoms with Crippen LogP contribution in [-0.4, -0.2) is 23.5 Å². The summed E-state index contributed by atoms with van der Waals surface area (Å²) in [5.74, 6) is -0.484. The average molecular weight is 272 g/mol. The zero-order chi connectivity index (χ0) is 13.1. The zero-order valence-corrected chi connectivity index (χ0v) is 10.5. The SMILES string of the molecule is NC(=O)c1cc(NC2CCSCC2)c(F)cc1F. The molecule has 1 amide bonds. The normalized spacial score (nSPS) is 16.6. The minimum Gasteiger partial charge on any atom is -0.380 e. The number of halogens is 2. The van der Waals surface area contributed by atoms with Crippen LogP contribution in [-0.2, 0) is 0 Å². The molecule has 1 saturated heterocycles. The Morgan fingerprint density at radius 3 is 2.56 bits per heavy atom. The van der Waals surface area contributed by atoms with Crippen molar-refractivity contribution in [3.8, 4) is 0 Å². The van der Waals surface area contributed by atoms with Crippen LogP contribution >= 0.6 is 11.8 Å². The molecule has 0 aliphatic carbocycles. The van der Waals surface area contributed by atoms with Crippen LogP contribution in [0, 0.1) is 11.6 Å². The van der Waals surface area contributed by atoms with E-state index in [4.69, 9.17) is 5.73 Å². The molecule has 3 nitrogen and oxygen atoms in total. The van der Waals surface area contributed by atoms with Crippen LogP contribution in [0.15, 0.2) is 12.1 Å². The molecule has 0 atom stereocenters. The van der Waals surface area contributed by atoms with Gasteiger partial charge in [-0.3, -0.25) is 4.79 Å². The molecule has 0 saturated carbocycles. The molecule has 0 bridgehead atoms. The first-order valence-corrected chi connectivity index (χ1v) is 6.86. The maximum absolute atomic E-state index is 13.6. The fraction of sp³-hybridized carbons (Fsp3) is 0.417. The van der Waals surface area contributed by atoms with E-state index >= 15 is 0 Å². The van der Waals surface area contributed by atoms with Gasteiger partial charge in [0.15, 0.2) is 0 Å². The summed E-state index contributed by atoms with van der Waals surface area (Å²) < 4.78 is 26.9. The first kappa shape index (κ1) is 13.1.